The van der Waals surface area contributed by atoms with E-state index in [-0.39, 0.29) is 6.04 Å². The van der Waals surface area contributed by atoms with Crippen molar-refractivity contribution in [2.75, 3.05) is 0 Å². The molecule has 2 N–H and O–H groups in total. The summed E-state index contributed by atoms with van der Waals surface area (Å²) in [5.41, 5.74) is 0. The van der Waals surface area contributed by atoms with Crippen molar-refractivity contribution in [1.82, 2.24) is 5.32 Å². The van der Waals surface area contributed by atoms with Crippen molar-refractivity contribution in [1.29, 1.82) is 0 Å². The Kier molecular flexibility index (Phi) is 4.94. The van der Waals surface area contributed by atoms with Crippen LogP contribution < -0.4 is 5.32 Å². The van der Waals surface area contributed by atoms with Crippen LogP contribution >= 0.6 is 0 Å². The van der Waals surface area contributed by atoms with E-state index >= 15 is 0 Å². The minimum Gasteiger partial charge on any atom is -0.480 e. The lowest BCUT2D eigenvalue weighted by molar-refractivity contribution is -0.139. The Balaban J connectivity index is 2.10. The highest BCUT2D eigenvalue weighted by Crippen LogP contribution is 2.20. The summed E-state index contributed by atoms with van der Waals surface area (Å²) in [4.78, 5) is 10.9. The van der Waals surface area contributed by atoms with Crippen LogP contribution in [0.25, 0.3) is 0 Å². The molecule has 1 atom stereocenters. The van der Waals surface area contributed by atoms with E-state index in [0.717, 1.165) is 32.1 Å². The Morgan fingerprint density at radius 3 is 2.64 bits per heavy atom. The fourth-order valence-corrected chi connectivity index (χ4v) is 1.59. The second-order valence-corrected chi connectivity index (χ2v) is 4.18. The van der Waals surface area contributed by atoms with Crippen LogP contribution in [0.4, 0.5) is 0 Å². The van der Waals surface area contributed by atoms with Crippen LogP contribution in [0.3, 0.4) is 0 Å². The first-order chi connectivity index (χ1) is 6.74. The van der Waals surface area contributed by atoms with E-state index in [1.807, 2.05) is 0 Å². The molecular weight excluding hydrogens is 178 g/mol. The molecule has 1 saturated carbocycles. The average molecular weight is 199 g/mol. The molecule has 3 heteroatoms. The number of carboxylic acids is 1. The van der Waals surface area contributed by atoms with E-state index in [2.05, 4.69) is 12.2 Å². The quantitative estimate of drug-likeness (QED) is 0.589. The van der Waals surface area contributed by atoms with E-state index in [0.29, 0.717) is 6.04 Å². The maximum Gasteiger partial charge on any atom is 0.320 e. The summed E-state index contributed by atoms with van der Waals surface area (Å²) < 4.78 is 0. The fourth-order valence-electron chi connectivity index (χ4n) is 1.59. The zero-order chi connectivity index (χ0) is 10.4. The van der Waals surface area contributed by atoms with E-state index in [9.17, 15) is 4.79 Å². The van der Waals surface area contributed by atoms with Crippen molar-refractivity contribution < 1.29 is 9.90 Å². The summed E-state index contributed by atoms with van der Waals surface area (Å²) in [5, 5.41) is 12.1. The van der Waals surface area contributed by atoms with Crippen LogP contribution in [-0.4, -0.2) is 23.2 Å². The van der Waals surface area contributed by atoms with Crippen LogP contribution in [0.15, 0.2) is 0 Å². The van der Waals surface area contributed by atoms with Crippen LogP contribution in [0.1, 0.15) is 51.9 Å². The summed E-state index contributed by atoms with van der Waals surface area (Å²) in [6, 6.07) is 0.182. The van der Waals surface area contributed by atoms with Crippen molar-refractivity contribution in [3.05, 3.63) is 0 Å². The summed E-state index contributed by atoms with van der Waals surface area (Å²) in [6.07, 6.45) is 7.70. The van der Waals surface area contributed by atoms with E-state index < -0.39 is 5.97 Å². The lowest BCUT2D eigenvalue weighted by Gasteiger charge is -2.13. The SMILES string of the molecule is CCCCCCC(NC1CC1)C(=O)O. The first-order valence-corrected chi connectivity index (χ1v) is 5.73. The van der Waals surface area contributed by atoms with Gasteiger partial charge in [0.1, 0.15) is 6.04 Å². The monoisotopic (exact) mass is 199 g/mol. The molecule has 3 nitrogen and oxygen atoms in total. The van der Waals surface area contributed by atoms with Gasteiger partial charge in [-0.15, -0.1) is 0 Å². The molecule has 1 rings (SSSR count). The number of unbranched alkanes of at least 4 members (excludes halogenated alkanes) is 3. The summed E-state index contributed by atoms with van der Waals surface area (Å²) >= 11 is 0. The second kappa shape index (κ2) is 6.02. The van der Waals surface area contributed by atoms with Gasteiger partial charge in [0.25, 0.3) is 0 Å². The van der Waals surface area contributed by atoms with Gasteiger partial charge < -0.3 is 10.4 Å². The van der Waals surface area contributed by atoms with Gasteiger partial charge in [0, 0.05) is 6.04 Å². The van der Waals surface area contributed by atoms with Crippen molar-refractivity contribution in [3.63, 3.8) is 0 Å². The number of carbonyl (C=O) groups is 1. The standard InChI is InChI=1S/C11H21NO2/c1-2-3-4-5-6-10(11(13)14)12-9-7-8-9/h9-10,12H,2-8H2,1H3,(H,13,14). The molecule has 0 spiro atoms. The fraction of sp³-hybridized carbons (Fsp3) is 0.909. The molecular formula is C11H21NO2. The largest absolute Gasteiger partial charge is 0.480 e. The predicted octanol–water partition coefficient (Wildman–Crippen LogP) is 2.16. The highest BCUT2D eigenvalue weighted by atomic mass is 16.4. The molecule has 0 aromatic rings. The maximum atomic E-state index is 10.9. The van der Waals surface area contributed by atoms with Crippen LogP contribution in [0, 0.1) is 0 Å². The van der Waals surface area contributed by atoms with Gasteiger partial charge in [0.2, 0.25) is 0 Å². The van der Waals surface area contributed by atoms with Crippen LogP contribution in [0.5, 0.6) is 0 Å². The van der Waals surface area contributed by atoms with Gasteiger partial charge in [-0.3, -0.25) is 4.79 Å². The maximum absolute atomic E-state index is 10.9. The molecule has 1 aliphatic carbocycles. The summed E-state index contributed by atoms with van der Waals surface area (Å²) in [6.45, 7) is 2.16. The van der Waals surface area contributed by atoms with Gasteiger partial charge in [-0.2, -0.15) is 0 Å². The van der Waals surface area contributed by atoms with Gasteiger partial charge >= 0.3 is 5.97 Å². The first kappa shape index (κ1) is 11.5. The molecule has 0 heterocycles. The molecule has 1 aliphatic rings. The third-order valence-corrected chi connectivity index (χ3v) is 2.66. The number of aliphatic carboxylic acids is 1. The second-order valence-electron chi connectivity index (χ2n) is 4.18. The highest BCUT2D eigenvalue weighted by molar-refractivity contribution is 5.73. The van der Waals surface area contributed by atoms with Gasteiger partial charge in [0.05, 0.1) is 0 Å². The zero-order valence-corrected chi connectivity index (χ0v) is 8.96. The van der Waals surface area contributed by atoms with Crippen molar-refractivity contribution in [2.24, 2.45) is 0 Å². The van der Waals surface area contributed by atoms with Gasteiger partial charge in [-0.25, -0.2) is 0 Å². The Hall–Kier alpha value is -0.570. The Morgan fingerprint density at radius 1 is 1.43 bits per heavy atom. The highest BCUT2D eigenvalue weighted by Gasteiger charge is 2.27. The normalized spacial score (nSPS) is 18.1. The van der Waals surface area contributed by atoms with Crippen molar-refractivity contribution >= 4 is 5.97 Å². The lowest BCUT2D eigenvalue weighted by Crippen LogP contribution is -2.37. The smallest absolute Gasteiger partial charge is 0.320 e. The minimum atomic E-state index is -0.687. The molecule has 1 unspecified atom stereocenters. The molecule has 0 radical (unpaired) electrons. The molecule has 14 heavy (non-hydrogen) atoms. The Labute approximate surface area is 85.9 Å². The van der Waals surface area contributed by atoms with E-state index in [4.69, 9.17) is 5.11 Å². The van der Waals surface area contributed by atoms with Gasteiger partial charge in [-0.1, -0.05) is 32.6 Å². The molecule has 0 aromatic heterocycles. The van der Waals surface area contributed by atoms with E-state index in [1.54, 1.807) is 0 Å². The number of carboxylic acid groups (broad SMARTS) is 1. The molecule has 0 bridgehead atoms. The van der Waals surface area contributed by atoms with Crippen LogP contribution in [-0.2, 0) is 4.79 Å². The Morgan fingerprint density at radius 2 is 2.14 bits per heavy atom. The Bertz CT molecular complexity index is 178. The summed E-state index contributed by atoms with van der Waals surface area (Å²) in [7, 11) is 0. The number of hydrogen-bond acceptors (Lipinski definition) is 2. The number of rotatable bonds is 8. The van der Waals surface area contributed by atoms with Gasteiger partial charge in [0.15, 0.2) is 0 Å². The molecule has 0 amide bonds. The third-order valence-electron chi connectivity index (χ3n) is 2.66. The summed E-state index contributed by atoms with van der Waals surface area (Å²) in [5.74, 6) is -0.687. The molecule has 82 valence electrons. The first-order valence-electron chi connectivity index (χ1n) is 5.73. The topological polar surface area (TPSA) is 49.3 Å². The minimum absolute atomic E-state index is 0.306. The zero-order valence-electron chi connectivity index (χ0n) is 8.96. The van der Waals surface area contributed by atoms with Gasteiger partial charge in [-0.05, 0) is 19.3 Å². The predicted molar refractivity (Wildman–Crippen MR) is 56.3 cm³/mol. The molecule has 0 aromatic carbocycles. The molecule has 0 saturated heterocycles. The lowest BCUT2D eigenvalue weighted by atomic mass is 10.1. The van der Waals surface area contributed by atoms with Crippen molar-refractivity contribution in [3.8, 4) is 0 Å². The number of hydrogen-bond donors (Lipinski definition) is 2. The molecule has 1 fully saturated rings. The van der Waals surface area contributed by atoms with E-state index in [1.165, 1.54) is 12.8 Å². The van der Waals surface area contributed by atoms with Crippen molar-refractivity contribution in [2.45, 2.75) is 64.0 Å². The third kappa shape index (κ3) is 4.61. The average Bonchev–Trinajstić information content (AvgIpc) is 2.93. The number of nitrogens with one attached hydrogen (secondary N) is 1. The van der Waals surface area contributed by atoms with Crippen LogP contribution in [0.2, 0.25) is 0 Å². The molecule has 0 aliphatic heterocycles.